The minimum Gasteiger partial charge on any atom is -0.380 e. The molecule has 0 heterocycles. The molecule has 0 aromatic heterocycles. The second-order valence-corrected chi connectivity index (χ2v) is 3.55. The number of hydrogen-bond donors (Lipinski definition) is 2. The van der Waals surface area contributed by atoms with Crippen LogP contribution in [0, 0.1) is 0 Å². The Balaban J connectivity index is 2.72. The summed E-state index contributed by atoms with van der Waals surface area (Å²) in [4.78, 5) is 11.4. The normalized spacial score (nSPS) is 36.4. The number of aliphatic hydroxyl groups is 1. The Morgan fingerprint density at radius 1 is 1.67 bits per heavy atom. The third kappa shape index (κ3) is 1.52. The van der Waals surface area contributed by atoms with E-state index in [-0.39, 0.29) is 11.8 Å². The van der Waals surface area contributed by atoms with Crippen molar-refractivity contribution in [2.75, 3.05) is 0 Å². The summed E-state index contributed by atoms with van der Waals surface area (Å²) in [5, 5.41) is 9.93. The van der Waals surface area contributed by atoms with Crippen LogP contribution in [0.5, 0.6) is 0 Å². The molecule has 0 aromatic carbocycles. The highest BCUT2D eigenvalue weighted by atomic mass is 16.3. The van der Waals surface area contributed by atoms with E-state index in [1.165, 1.54) is 0 Å². The fourth-order valence-electron chi connectivity index (χ4n) is 1.84. The van der Waals surface area contributed by atoms with Crippen LogP contribution >= 0.6 is 0 Å². The van der Waals surface area contributed by atoms with E-state index >= 15 is 0 Å². The van der Waals surface area contributed by atoms with Crippen molar-refractivity contribution < 1.29 is 9.90 Å². The molecule has 0 spiro atoms. The molecule has 2 unspecified atom stereocenters. The first-order valence-electron chi connectivity index (χ1n) is 4.62. The maximum absolute atomic E-state index is 11.4. The van der Waals surface area contributed by atoms with Crippen LogP contribution in [-0.4, -0.2) is 22.5 Å². The zero-order valence-corrected chi connectivity index (χ0v) is 7.55. The number of rotatable bonds is 2. The summed E-state index contributed by atoms with van der Waals surface area (Å²) >= 11 is 0. The summed E-state index contributed by atoms with van der Waals surface area (Å²) in [6.45, 7) is 1.77. The second-order valence-electron chi connectivity index (χ2n) is 3.55. The lowest BCUT2D eigenvalue weighted by molar-refractivity contribution is -0.142. The van der Waals surface area contributed by atoms with Gasteiger partial charge in [0, 0.05) is 12.5 Å². The number of ketones is 1. The molecule has 0 aliphatic heterocycles. The van der Waals surface area contributed by atoms with E-state index in [0.29, 0.717) is 12.8 Å². The van der Waals surface area contributed by atoms with Crippen molar-refractivity contribution in [2.45, 2.75) is 50.7 Å². The van der Waals surface area contributed by atoms with Crippen molar-refractivity contribution in [1.29, 1.82) is 0 Å². The lowest BCUT2D eigenvalue weighted by Gasteiger charge is -2.36. The average molecular weight is 171 g/mol. The zero-order chi connectivity index (χ0) is 9.19. The summed E-state index contributed by atoms with van der Waals surface area (Å²) in [6.07, 6.45) is 3.63. The zero-order valence-electron chi connectivity index (χ0n) is 7.55. The minimum atomic E-state index is -1.22. The monoisotopic (exact) mass is 171 g/mol. The van der Waals surface area contributed by atoms with Gasteiger partial charge in [-0.1, -0.05) is 13.3 Å². The van der Waals surface area contributed by atoms with Gasteiger partial charge in [-0.3, -0.25) is 4.79 Å². The molecule has 1 saturated carbocycles. The Kier molecular flexibility index (Phi) is 2.85. The molecule has 2 atom stereocenters. The molecule has 0 radical (unpaired) electrons. The highest BCUT2D eigenvalue weighted by Crippen LogP contribution is 2.28. The van der Waals surface area contributed by atoms with E-state index in [4.69, 9.17) is 5.73 Å². The number of Topliss-reactive ketones (excluding diaryl/α,β-unsaturated/α-hetero) is 1. The van der Waals surface area contributed by atoms with Crippen LogP contribution in [0.4, 0.5) is 0 Å². The van der Waals surface area contributed by atoms with E-state index in [1.807, 2.05) is 0 Å². The van der Waals surface area contributed by atoms with E-state index in [2.05, 4.69) is 0 Å². The molecular weight excluding hydrogens is 154 g/mol. The van der Waals surface area contributed by atoms with E-state index in [1.54, 1.807) is 6.92 Å². The van der Waals surface area contributed by atoms with Gasteiger partial charge in [0.25, 0.3) is 0 Å². The summed E-state index contributed by atoms with van der Waals surface area (Å²) in [6, 6.07) is -0.348. The quantitative estimate of drug-likeness (QED) is 0.639. The van der Waals surface area contributed by atoms with Crippen molar-refractivity contribution in [2.24, 2.45) is 5.73 Å². The summed E-state index contributed by atoms with van der Waals surface area (Å²) in [5.41, 5.74) is 4.50. The molecule has 1 aliphatic carbocycles. The topological polar surface area (TPSA) is 63.3 Å². The van der Waals surface area contributed by atoms with Gasteiger partial charge in [-0.05, 0) is 19.3 Å². The van der Waals surface area contributed by atoms with Gasteiger partial charge in [0.1, 0.15) is 5.60 Å². The Labute approximate surface area is 72.9 Å². The second kappa shape index (κ2) is 3.54. The van der Waals surface area contributed by atoms with Gasteiger partial charge in [0.2, 0.25) is 0 Å². The highest BCUT2D eigenvalue weighted by molar-refractivity contribution is 5.87. The Bertz CT molecular complexity index is 181. The Hall–Kier alpha value is -0.410. The first-order valence-corrected chi connectivity index (χ1v) is 4.62. The number of carbonyl (C=O) groups is 1. The molecule has 0 aromatic rings. The molecular formula is C9H17NO2. The minimum absolute atomic E-state index is 0.102. The van der Waals surface area contributed by atoms with Crippen LogP contribution in [0.2, 0.25) is 0 Å². The first-order chi connectivity index (χ1) is 5.61. The molecule has 70 valence electrons. The average Bonchev–Trinajstić information content (AvgIpc) is 2.09. The largest absolute Gasteiger partial charge is 0.380 e. The number of hydrogen-bond acceptors (Lipinski definition) is 3. The van der Waals surface area contributed by atoms with Crippen molar-refractivity contribution in [3.63, 3.8) is 0 Å². The molecule has 3 N–H and O–H groups in total. The van der Waals surface area contributed by atoms with Crippen LogP contribution in [0.25, 0.3) is 0 Å². The Morgan fingerprint density at radius 2 is 2.33 bits per heavy atom. The molecule has 0 saturated heterocycles. The molecule has 3 nitrogen and oxygen atoms in total. The van der Waals surface area contributed by atoms with Crippen molar-refractivity contribution in [3.05, 3.63) is 0 Å². The van der Waals surface area contributed by atoms with Gasteiger partial charge in [-0.2, -0.15) is 0 Å². The summed E-state index contributed by atoms with van der Waals surface area (Å²) < 4.78 is 0. The molecule has 12 heavy (non-hydrogen) atoms. The lowest BCUT2D eigenvalue weighted by atomic mass is 9.77. The standard InChI is InChI=1S/C9H17NO2/c1-2-8(11)9(12)6-4-3-5-7(9)10/h7,12H,2-6,10H2,1H3. The lowest BCUT2D eigenvalue weighted by Crippen LogP contribution is -2.55. The Morgan fingerprint density at radius 3 is 2.83 bits per heavy atom. The van der Waals surface area contributed by atoms with E-state index < -0.39 is 5.60 Å². The van der Waals surface area contributed by atoms with Crippen LogP contribution in [-0.2, 0) is 4.79 Å². The third-order valence-corrected chi connectivity index (χ3v) is 2.74. The van der Waals surface area contributed by atoms with Gasteiger partial charge in [0.05, 0.1) is 0 Å². The van der Waals surface area contributed by atoms with Gasteiger partial charge < -0.3 is 10.8 Å². The highest BCUT2D eigenvalue weighted by Gasteiger charge is 2.41. The van der Waals surface area contributed by atoms with Crippen LogP contribution in [0.1, 0.15) is 39.0 Å². The molecule has 0 amide bonds. The van der Waals surface area contributed by atoms with E-state index in [9.17, 15) is 9.90 Å². The summed E-state index contributed by atoms with van der Waals surface area (Å²) in [7, 11) is 0. The van der Waals surface area contributed by atoms with Gasteiger partial charge >= 0.3 is 0 Å². The van der Waals surface area contributed by atoms with E-state index in [0.717, 1.165) is 19.3 Å². The van der Waals surface area contributed by atoms with Gasteiger partial charge in [-0.25, -0.2) is 0 Å². The van der Waals surface area contributed by atoms with Crippen LogP contribution in [0.3, 0.4) is 0 Å². The van der Waals surface area contributed by atoms with Gasteiger partial charge in [0.15, 0.2) is 5.78 Å². The molecule has 1 aliphatic rings. The fraction of sp³-hybridized carbons (Fsp3) is 0.889. The predicted molar refractivity (Wildman–Crippen MR) is 46.7 cm³/mol. The summed E-state index contributed by atoms with van der Waals surface area (Å²) in [5.74, 6) is -0.102. The van der Waals surface area contributed by atoms with Crippen molar-refractivity contribution >= 4 is 5.78 Å². The van der Waals surface area contributed by atoms with Crippen molar-refractivity contribution in [3.8, 4) is 0 Å². The number of nitrogens with two attached hydrogens (primary N) is 1. The molecule has 0 bridgehead atoms. The first kappa shape index (κ1) is 9.68. The maximum Gasteiger partial charge on any atom is 0.165 e. The third-order valence-electron chi connectivity index (χ3n) is 2.74. The molecule has 1 rings (SSSR count). The fourth-order valence-corrected chi connectivity index (χ4v) is 1.84. The van der Waals surface area contributed by atoms with Gasteiger partial charge in [-0.15, -0.1) is 0 Å². The maximum atomic E-state index is 11.4. The van der Waals surface area contributed by atoms with Crippen molar-refractivity contribution in [1.82, 2.24) is 0 Å². The number of carbonyl (C=O) groups excluding carboxylic acids is 1. The molecule has 1 fully saturated rings. The van der Waals surface area contributed by atoms with Crippen LogP contribution in [0.15, 0.2) is 0 Å². The van der Waals surface area contributed by atoms with Crippen LogP contribution < -0.4 is 5.73 Å². The smallest absolute Gasteiger partial charge is 0.165 e. The molecule has 3 heteroatoms. The SMILES string of the molecule is CCC(=O)C1(O)CCCCC1N. The predicted octanol–water partition coefficient (Wildman–Crippen LogP) is 0.598.